The molecule has 5 rings (SSSR count). The van der Waals surface area contributed by atoms with Crippen molar-refractivity contribution < 1.29 is 9.13 Å². The van der Waals surface area contributed by atoms with Crippen LogP contribution in [0.3, 0.4) is 0 Å². The average molecular weight is 421 g/mol. The maximum absolute atomic E-state index is 14.3. The van der Waals surface area contributed by atoms with Gasteiger partial charge in [-0.15, -0.1) is 0 Å². The number of hydrogen-bond donors (Lipinski definition) is 1. The summed E-state index contributed by atoms with van der Waals surface area (Å²) in [7, 11) is 0. The lowest BCUT2D eigenvalue weighted by Gasteiger charge is -2.35. The number of fused-ring (bicyclic) bond motifs is 1. The van der Waals surface area contributed by atoms with E-state index in [0.717, 1.165) is 46.4 Å². The summed E-state index contributed by atoms with van der Waals surface area (Å²) in [4.78, 5) is 5.99. The van der Waals surface area contributed by atoms with Crippen molar-refractivity contribution >= 4 is 22.5 Å². The Morgan fingerprint density at radius 1 is 0.933 bits per heavy atom. The van der Waals surface area contributed by atoms with Gasteiger partial charge in [0.15, 0.2) is 0 Å². The van der Waals surface area contributed by atoms with Gasteiger partial charge in [-0.3, -0.25) is 4.90 Å². The van der Waals surface area contributed by atoms with Gasteiger partial charge in [0.2, 0.25) is 0 Å². The molecule has 152 valence electrons. The molecule has 0 amide bonds. The summed E-state index contributed by atoms with van der Waals surface area (Å²) < 4.78 is 19.9. The molecule has 0 saturated carbocycles. The number of hydrogen-bond acceptors (Lipinski definition) is 2. The largest absolute Gasteiger partial charge is 0.379 e. The predicted molar refractivity (Wildman–Crippen MR) is 119 cm³/mol. The summed E-state index contributed by atoms with van der Waals surface area (Å²) in [5, 5.41) is 1.84. The zero-order valence-electron chi connectivity index (χ0n) is 16.4. The van der Waals surface area contributed by atoms with E-state index in [9.17, 15) is 4.39 Å². The topological polar surface area (TPSA) is 28.3 Å². The van der Waals surface area contributed by atoms with E-state index in [1.807, 2.05) is 42.5 Å². The molecule has 3 nitrogen and oxygen atoms in total. The summed E-state index contributed by atoms with van der Waals surface area (Å²) in [6, 6.07) is 23.0. The number of aromatic nitrogens is 1. The molecule has 1 aliphatic rings. The molecule has 0 bridgehead atoms. The maximum Gasteiger partial charge on any atom is 0.123 e. The molecule has 1 aliphatic heterocycles. The molecule has 5 heteroatoms. The van der Waals surface area contributed by atoms with Gasteiger partial charge in [0.05, 0.1) is 24.9 Å². The molecular formula is C25H22ClFN2O. The summed E-state index contributed by atoms with van der Waals surface area (Å²) in [5.41, 5.74) is 5.25. The first-order valence-electron chi connectivity index (χ1n) is 10.1. The molecule has 1 atom stereocenters. The second-order valence-corrected chi connectivity index (χ2v) is 8.01. The third kappa shape index (κ3) is 3.63. The summed E-state index contributed by atoms with van der Waals surface area (Å²) in [6.07, 6.45) is 0. The van der Waals surface area contributed by atoms with Gasteiger partial charge in [-0.25, -0.2) is 4.39 Å². The monoisotopic (exact) mass is 420 g/mol. The van der Waals surface area contributed by atoms with Crippen LogP contribution in [-0.4, -0.2) is 36.2 Å². The van der Waals surface area contributed by atoms with Crippen LogP contribution in [0.2, 0.25) is 5.02 Å². The number of nitrogens with one attached hydrogen (secondary N) is 1. The lowest BCUT2D eigenvalue weighted by atomic mass is 9.92. The van der Waals surface area contributed by atoms with Crippen LogP contribution in [0.15, 0.2) is 72.8 Å². The van der Waals surface area contributed by atoms with Crippen LogP contribution in [0.1, 0.15) is 17.2 Å². The molecule has 30 heavy (non-hydrogen) atoms. The van der Waals surface area contributed by atoms with Crippen molar-refractivity contribution in [2.24, 2.45) is 0 Å². The second kappa shape index (κ2) is 8.23. The van der Waals surface area contributed by atoms with Gasteiger partial charge in [0, 0.05) is 34.6 Å². The molecule has 4 aromatic rings. The minimum absolute atomic E-state index is 0.0913. The molecule has 3 aromatic carbocycles. The smallest absolute Gasteiger partial charge is 0.123 e. The third-order valence-electron chi connectivity index (χ3n) is 5.73. The highest BCUT2D eigenvalue weighted by Gasteiger charge is 2.30. The molecule has 2 heterocycles. The number of aromatic amines is 1. The van der Waals surface area contributed by atoms with Gasteiger partial charge in [-0.1, -0.05) is 54.1 Å². The highest BCUT2D eigenvalue weighted by molar-refractivity contribution is 6.30. The van der Waals surface area contributed by atoms with Gasteiger partial charge in [0.1, 0.15) is 5.82 Å². The predicted octanol–water partition coefficient (Wildman–Crippen LogP) is 6.05. The number of H-pyrrole nitrogens is 1. The number of ether oxygens (including phenoxy) is 1. The highest BCUT2D eigenvalue weighted by Crippen LogP contribution is 2.41. The molecule has 1 unspecified atom stereocenters. The second-order valence-electron chi connectivity index (χ2n) is 7.57. The molecule has 0 radical (unpaired) electrons. The zero-order chi connectivity index (χ0) is 20.5. The van der Waals surface area contributed by atoms with Crippen molar-refractivity contribution in [2.75, 3.05) is 26.3 Å². The van der Waals surface area contributed by atoms with E-state index < -0.39 is 0 Å². The van der Waals surface area contributed by atoms with E-state index in [1.54, 1.807) is 12.1 Å². The van der Waals surface area contributed by atoms with Crippen LogP contribution < -0.4 is 0 Å². The molecular weight excluding hydrogens is 399 g/mol. The van der Waals surface area contributed by atoms with Crippen LogP contribution >= 0.6 is 11.6 Å². The van der Waals surface area contributed by atoms with Crippen LogP contribution in [0, 0.1) is 5.82 Å². The molecule has 1 N–H and O–H groups in total. The molecule has 0 spiro atoms. The number of morpholine rings is 1. The molecule has 0 aliphatic carbocycles. The van der Waals surface area contributed by atoms with Crippen LogP contribution in [0.5, 0.6) is 0 Å². The van der Waals surface area contributed by atoms with Crippen molar-refractivity contribution in [3.05, 3.63) is 94.8 Å². The van der Waals surface area contributed by atoms with Gasteiger partial charge < -0.3 is 9.72 Å². The maximum atomic E-state index is 14.3. The normalized spacial score (nSPS) is 16.1. The molecule has 1 aromatic heterocycles. The van der Waals surface area contributed by atoms with Crippen LogP contribution in [0.4, 0.5) is 4.39 Å². The quantitative estimate of drug-likeness (QED) is 0.435. The highest BCUT2D eigenvalue weighted by atomic mass is 35.5. The van der Waals surface area contributed by atoms with Crippen molar-refractivity contribution in [2.45, 2.75) is 6.04 Å². The number of rotatable bonds is 4. The Bertz CT molecular complexity index is 1170. The Kier molecular flexibility index (Phi) is 5.30. The minimum Gasteiger partial charge on any atom is -0.379 e. The Labute approximate surface area is 180 Å². The van der Waals surface area contributed by atoms with Gasteiger partial charge in [0.25, 0.3) is 0 Å². The fraction of sp³-hybridized carbons (Fsp3) is 0.200. The van der Waals surface area contributed by atoms with E-state index in [-0.39, 0.29) is 11.9 Å². The van der Waals surface area contributed by atoms with Crippen LogP contribution in [-0.2, 0) is 4.74 Å². The fourth-order valence-electron chi connectivity index (χ4n) is 4.36. The molecule has 1 fully saturated rings. The van der Waals surface area contributed by atoms with Crippen molar-refractivity contribution in [1.82, 2.24) is 9.88 Å². The Morgan fingerprint density at radius 2 is 1.70 bits per heavy atom. The van der Waals surface area contributed by atoms with E-state index in [1.165, 1.54) is 6.07 Å². The Morgan fingerprint density at radius 3 is 2.47 bits per heavy atom. The van der Waals surface area contributed by atoms with Crippen molar-refractivity contribution in [1.29, 1.82) is 0 Å². The van der Waals surface area contributed by atoms with Gasteiger partial charge in [-0.05, 0) is 41.5 Å². The lowest BCUT2D eigenvalue weighted by molar-refractivity contribution is 0.0242. The summed E-state index contributed by atoms with van der Waals surface area (Å²) in [5.74, 6) is -0.223. The first kappa shape index (κ1) is 19.3. The van der Waals surface area contributed by atoms with Gasteiger partial charge in [-0.2, -0.15) is 0 Å². The summed E-state index contributed by atoms with van der Waals surface area (Å²) in [6.45, 7) is 2.93. The van der Waals surface area contributed by atoms with Gasteiger partial charge >= 0.3 is 0 Å². The van der Waals surface area contributed by atoms with E-state index in [2.05, 4.69) is 22.0 Å². The number of benzene rings is 3. The SMILES string of the molecule is Fc1cccc(C(c2c(-c3ccc(Cl)cc3)[nH]c3ccccc23)N2CCOCC2)c1. The first-order chi connectivity index (χ1) is 14.7. The third-order valence-corrected chi connectivity index (χ3v) is 5.98. The minimum atomic E-state index is -0.223. The fourth-order valence-corrected chi connectivity index (χ4v) is 4.49. The van der Waals surface area contributed by atoms with E-state index in [4.69, 9.17) is 16.3 Å². The first-order valence-corrected chi connectivity index (χ1v) is 10.5. The Hall–Kier alpha value is -2.66. The number of halogens is 2. The van der Waals surface area contributed by atoms with E-state index in [0.29, 0.717) is 18.2 Å². The zero-order valence-corrected chi connectivity index (χ0v) is 17.2. The Balaban J connectivity index is 1.76. The van der Waals surface area contributed by atoms with Crippen molar-refractivity contribution in [3.8, 4) is 11.3 Å². The van der Waals surface area contributed by atoms with E-state index >= 15 is 0 Å². The number of para-hydroxylation sites is 1. The standard InChI is InChI=1S/C25H22ClFN2O/c26-19-10-8-17(9-11-19)24-23(21-6-1-2-7-22(21)28-24)25(29-12-14-30-15-13-29)18-4-3-5-20(27)16-18/h1-11,16,25,28H,12-15H2. The molecule has 1 saturated heterocycles. The van der Waals surface area contributed by atoms with Crippen molar-refractivity contribution in [3.63, 3.8) is 0 Å². The average Bonchev–Trinajstić information content (AvgIpc) is 3.15. The number of nitrogens with zero attached hydrogens (tertiary/aromatic N) is 1. The summed E-state index contributed by atoms with van der Waals surface area (Å²) >= 11 is 6.14. The van der Waals surface area contributed by atoms with Crippen LogP contribution in [0.25, 0.3) is 22.2 Å². The lowest BCUT2D eigenvalue weighted by Crippen LogP contribution is -2.39.